The number of sulfone groups is 1. The molecular formula is C15H15N5O4S. The predicted octanol–water partition coefficient (Wildman–Crippen LogP) is 1.51. The van der Waals surface area contributed by atoms with Crippen molar-refractivity contribution in [2.24, 2.45) is 0 Å². The van der Waals surface area contributed by atoms with Crippen LogP contribution in [0.5, 0.6) is 0 Å². The van der Waals surface area contributed by atoms with Crippen molar-refractivity contribution in [1.29, 1.82) is 0 Å². The van der Waals surface area contributed by atoms with Crippen LogP contribution in [0.3, 0.4) is 0 Å². The van der Waals surface area contributed by atoms with E-state index in [1.54, 1.807) is 35.1 Å². The maximum atomic E-state index is 12.3. The Bertz CT molecular complexity index is 978. The predicted molar refractivity (Wildman–Crippen MR) is 87.5 cm³/mol. The Hall–Kier alpha value is -3.01. The largest absolute Gasteiger partial charge is 0.407 e. The van der Waals surface area contributed by atoms with Crippen molar-refractivity contribution in [3.8, 4) is 0 Å². The summed E-state index contributed by atoms with van der Waals surface area (Å²) in [6.45, 7) is 2.53. The van der Waals surface area contributed by atoms with E-state index in [0.29, 0.717) is 6.54 Å². The fourth-order valence-electron chi connectivity index (χ4n) is 2.06. The number of hydrogen-bond donors (Lipinski definition) is 1. The molecule has 3 aromatic rings. The van der Waals surface area contributed by atoms with E-state index in [1.807, 2.05) is 6.92 Å². The first-order chi connectivity index (χ1) is 12.0. The second-order valence-electron chi connectivity index (χ2n) is 5.08. The standard InChI is InChI=1S/C15H15N5O4S/c1-2-20-9-8-12(19-20)14(21)16-15-18-17-13(24-15)10-25(22,23)11-6-4-3-5-7-11/h3-9H,2,10H2,1H3,(H,16,18,21). The summed E-state index contributed by atoms with van der Waals surface area (Å²) in [6.07, 6.45) is 1.67. The molecule has 1 aromatic carbocycles. The molecule has 0 radical (unpaired) electrons. The van der Waals surface area contributed by atoms with Crippen LogP contribution >= 0.6 is 0 Å². The molecule has 0 unspecified atom stereocenters. The van der Waals surface area contributed by atoms with Crippen molar-refractivity contribution < 1.29 is 17.6 Å². The summed E-state index contributed by atoms with van der Waals surface area (Å²) < 4.78 is 31.3. The minimum atomic E-state index is -3.61. The van der Waals surface area contributed by atoms with Gasteiger partial charge in [0.05, 0.1) is 4.90 Å². The maximum absolute atomic E-state index is 12.3. The molecule has 2 heterocycles. The average Bonchev–Trinajstić information content (AvgIpc) is 3.24. The van der Waals surface area contributed by atoms with Crippen molar-refractivity contribution in [2.45, 2.75) is 24.1 Å². The SMILES string of the molecule is CCn1ccc(C(=O)Nc2nnc(CS(=O)(=O)c3ccccc3)o2)n1. The third-order valence-corrected chi connectivity index (χ3v) is 4.92. The van der Waals surface area contributed by atoms with E-state index in [9.17, 15) is 13.2 Å². The summed E-state index contributed by atoms with van der Waals surface area (Å²) >= 11 is 0. The van der Waals surface area contributed by atoms with Crippen LogP contribution in [0, 0.1) is 0 Å². The minimum Gasteiger partial charge on any atom is -0.407 e. The average molecular weight is 361 g/mol. The van der Waals surface area contributed by atoms with Gasteiger partial charge in [0.15, 0.2) is 15.5 Å². The van der Waals surface area contributed by atoms with E-state index >= 15 is 0 Å². The smallest absolute Gasteiger partial charge is 0.322 e. The number of carbonyl (C=O) groups is 1. The van der Waals surface area contributed by atoms with Crippen LogP contribution in [0.15, 0.2) is 51.9 Å². The molecule has 0 atom stereocenters. The normalized spacial score (nSPS) is 11.4. The molecular weight excluding hydrogens is 346 g/mol. The molecule has 0 aliphatic carbocycles. The molecule has 1 N–H and O–H groups in total. The molecule has 0 bridgehead atoms. The molecule has 9 nitrogen and oxygen atoms in total. The van der Waals surface area contributed by atoms with E-state index in [0.717, 1.165) is 0 Å². The van der Waals surface area contributed by atoms with E-state index in [-0.39, 0.29) is 22.5 Å². The number of nitrogens with zero attached hydrogens (tertiary/aromatic N) is 4. The van der Waals surface area contributed by atoms with Gasteiger partial charge in [-0.05, 0) is 25.1 Å². The van der Waals surface area contributed by atoms with Gasteiger partial charge in [-0.1, -0.05) is 23.3 Å². The van der Waals surface area contributed by atoms with E-state index in [1.165, 1.54) is 12.1 Å². The van der Waals surface area contributed by atoms with Crippen LogP contribution in [0.4, 0.5) is 6.01 Å². The van der Waals surface area contributed by atoms with E-state index in [2.05, 4.69) is 20.6 Å². The molecule has 10 heteroatoms. The van der Waals surface area contributed by atoms with Gasteiger partial charge >= 0.3 is 6.01 Å². The fourth-order valence-corrected chi connectivity index (χ4v) is 3.24. The Kier molecular flexibility index (Phi) is 4.61. The number of nitrogens with one attached hydrogen (secondary N) is 1. The van der Waals surface area contributed by atoms with Crippen molar-refractivity contribution in [2.75, 3.05) is 5.32 Å². The summed E-state index contributed by atoms with van der Waals surface area (Å²) in [5.74, 6) is -1.09. The summed E-state index contributed by atoms with van der Waals surface area (Å²) in [5.41, 5.74) is 0.193. The molecule has 130 valence electrons. The maximum Gasteiger partial charge on any atom is 0.322 e. The Labute approximate surface area is 143 Å². The van der Waals surface area contributed by atoms with Gasteiger partial charge in [-0.25, -0.2) is 8.42 Å². The van der Waals surface area contributed by atoms with Gasteiger partial charge in [0.25, 0.3) is 5.91 Å². The number of rotatable bonds is 6. The van der Waals surface area contributed by atoms with Gasteiger partial charge in [-0.3, -0.25) is 14.8 Å². The van der Waals surface area contributed by atoms with Crippen LogP contribution in [0.25, 0.3) is 0 Å². The molecule has 0 saturated carbocycles. The first-order valence-electron chi connectivity index (χ1n) is 7.43. The highest BCUT2D eigenvalue weighted by atomic mass is 32.2. The van der Waals surface area contributed by atoms with Gasteiger partial charge in [-0.15, -0.1) is 5.10 Å². The molecule has 0 aliphatic rings. The summed E-state index contributed by atoms with van der Waals surface area (Å²) in [4.78, 5) is 12.2. The summed E-state index contributed by atoms with van der Waals surface area (Å²) in [6, 6.07) is 9.31. The molecule has 25 heavy (non-hydrogen) atoms. The van der Waals surface area contributed by atoms with Crippen molar-refractivity contribution >= 4 is 21.8 Å². The number of carbonyl (C=O) groups excluding carboxylic acids is 1. The van der Waals surface area contributed by atoms with Crippen LogP contribution in [0.2, 0.25) is 0 Å². The Balaban J connectivity index is 1.69. The highest BCUT2D eigenvalue weighted by Gasteiger charge is 2.20. The lowest BCUT2D eigenvalue weighted by molar-refractivity contribution is 0.101. The lowest BCUT2D eigenvalue weighted by Gasteiger charge is -2.00. The third-order valence-electron chi connectivity index (χ3n) is 3.30. The van der Waals surface area contributed by atoms with Gasteiger partial charge in [0, 0.05) is 12.7 Å². The van der Waals surface area contributed by atoms with Crippen molar-refractivity contribution in [1.82, 2.24) is 20.0 Å². The first-order valence-corrected chi connectivity index (χ1v) is 9.08. The topological polar surface area (TPSA) is 120 Å². The van der Waals surface area contributed by atoms with Crippen LogP contribution < -0.4 is 5.32 Å². The van der Waals surface area contributed by atoms with E-state index in [4.69, 9.17) is 4.42 Å². The van der Waals surface area contributed by atoms with Crippen LogP contribution in [0.1, 0.15) is 23.3 Å². The number of amides is 1. The van der Waals surface area contributed by atoms with Gasteiger partial charge < -0.3 is 4.42 Å². The summed E-state index contributed by atoms with van der Waals surface area (Å²) in [5, 5.41) is 13.7. The Morgan fingerprint density at radius 3 is 2.64 bits per heavy atom. The van der Waals surface area contributed by atoms with Crippen molar-refractivity contribution in [3.05, 3.63) is 54.2 Å². The molecule has 2 aromatic heterocycles. The first kappa shape index (κ1) is 16.8. The van der Waals surface area contributed by atoms with Crippen molar-refractivity contribution in [3.63, 3.8) is 0 Å². The number of aromatic nitrogens is 4. The highest BCUT2D eigenvalue weighted by Crippen LogP contribution is 2.16. The number of benzene rings is 1. The van der Waals surface area contributed by atoms with Gasteiger partial charge in [0.2, 0.25) is 5.89 Å². The van der Waals surface area contributed by atoms with Gasteiger partial charge in [-0.2, -0.15) is 5.10 Å². The third kappa shape index (κ3) is 3.91. The molecule has 0 spiro atoms. The molecule has 0 aliphatic heterocycles. The highest BCUT2D eigenvalue weighted by molar-refractivity contribution is 7.90. The van der Waals surface area contributed by atoms with E-state index < -0.39 is 21.5 Å². The quantitative estimate of drug-likeness (QED) is 0.706. The zero-order valence-corrected chi connectivity index (χ0v) is 14.1. The molecule has 1 amide bonds. The minimum absolute atomic E-state index is 0.113. The Morgan fingerprint density at radius 1 is 1.20 bits per heavy atom. The Morgan fingerprint density at radius 2 is 1.96 bits per heavy atom. The lowest BCUT2D eigenvalue weighted by Crippen LogP contribution is -2.13. The second-order valence-corrected chi connectivity index (χ2v) is 7.07. The fraction of sp³-hybridized carbons (Fsp3) is 0.200. The second kappa shape index (κ2) is 6.85. The zero-order chi connectivity index (χ0) is 17.9. The van der Waals surface area contributed by atoms with Crippen LogP contribution in [-0.2, 0) is 22.1 Å². The lowest BCUT2D eigenvalue weighted by atomic mass is 10.4. The number of anilines is 1. The monoisotopic (exact) mass is 361 g/mol. The van der Waals surface area contributed by atoms with Gasteiger partial charge in [0.1, 0.15) is 5.75 Å². The summed E-state index contributed by atoms with van der Waals surface area (Å²) in [7, 11) is -3.61. The zero-order valence-electron chi connectivity index (χ0n) is 13.3. The molecule has 0 fully saturated rings. The molecule has 0 saturated heterocycles. The number of aryl methyl sites for hydroxylation is 1. The number of hydrogen-bond acceptors (Lipinski definition) is 7. The molecule has 3 rings (SSSR count). The van der Waals surface area contributed by atoms with Crippen LogP contribution in [-0.4, -0.2) is 34.3 Å².